The number of carbonyl (C=O) groups excluding carboxylic acids is 1. The average molecular weight is 174 g/mol. The largest absolute Gasteiger partial charge is 0.287 e. The molecule has 0 aromatic heterocycles. The first-order chi connectivity index (χ1) is 4.83. The molecule has 0 saturated carbocycles. The standard InChI is InChI=1S/C9H18OS/c1-7(2)5-9(3,4)6-8(10)11/h7H,5-6H2,1-4H3,(H,10,11). The van der Waals surface area contributed by atoms with Crippen molar-refractivity contribution in [2.75, 3.05) is 0 Å². The molecule has 0 aromatic carbocycles. The van der Waals surface area contributed by atoms with E-state index in [4.69, 9.17) is 0 Å². The number of hydrogen-bond donors (Lipinski definition) is 1. The maximum atomic E-state index is 10.7. The fourth-order valence-electron chi connectivity index (χ4n) is 1.59. The molecule has 0 radical (unpaired) electrons. The summed E-state index contributed by atoms with van der Waals surface area (Å²) in [6.45, 7) is 8.57. The number of rotatable bonds is 4. The first-order valence-electron chi connectivity index (χ1n) is 4.05. The Bertz CT molecular complexity index is 138. The Labute approximate surface area is 75.0 Å². The Morgan fingerprint density at radius 2 is 1.91 bits per heavy atom. The van der Waals surface area contributed by atoms with Crippen LogP contribution in [0.4, 0.5) is 0 Å². The van der Waals surface area contributed by atoms with Gasteiger partial charge < -0.3 is 0 Å². The summed E-state index contributed by atoms with van der Waals surface area (Å²) in [6.07, 6.45) is 1.66. The SMILES string of the molecule is CC(C)CC(C)(C)CC(=O)S. The molecule has 0 heterocycles. The molecule has 0 atom stereocenters. The normalized spacial score (nSPS) is 12.2. The van der Waals surface area contributed by atoms with Crippen LogP contribution in [0.15, 0.2) is 0 Å². The highest BCUT2D eigenvalue weighted by Gasteiger charge is 2.21. The molecule has 0 aliphatic rings. The van der Waals surface area contributed by atoms with Crippen molar-refractivity contribution < 1.29 is 4.79 Å². The molecule has 0 rings (SSSR count). The van der Waals surface area contributed by atoms with Crippen LogP contribution in [0.5, 0.6) is 0 Å². The molecular formula is C9H18OS. The summed E-state index contributed by atoms with van der Waals surface area (Å²) in [5.74, 6) is 0.651. The second-order valence-corrected chi connectivity index (χ2v) is 4.83. The molecule has 0 unspecified atom stereocenters. The third kappa shape index (κ3) is 6.42. The van der Waals surface area contributed by atoms with Crippen molar-refractivity contribution >= 4 is 17.7 Å². The van der Waals surface area contributed by atoms with Crippen LogP contribution in [0.25, 0.3) is 0 Å². The van der Waals surface area contributed by atoms with E-state index >= 15 is 0 Å². The van der Waals surface area contributed by atoms with E-state index < -0.39 is 0 Å². The predicted molar refractivity (Wildman–Crippen MR) is 51.8 cm³/mol. The van der Waals surface area contributed by atoms with Gasteiger partial charge in [0.15, 0.2) is 5.12 Å². The molecule has 0 aliphatic heterocycles. The minimum atomic E-state index is -0.00403. The lowest BCUT2D eigenvalue weighted by molar-refractivity contribution is -0.112. The summed E-state index contributed by atoms with van der Waals surface area (Å²) >= 11 is 3.78. The van der Waals surface area contributed by atoms with Crippen molar-refractivity contribution in [2.24, 2.45) is 11.3 Å². The Morgan fingerprint density at radius 1 is 1.45 bits per heavy atom. The molecular weight excluding hydrogens is 156 g/mol. The minimum absolute atomic E-state index is 0.00403. The van der Waals surface area contributed by atoms with Gasteiger partial charge in [-0.15, -0.1) is 12.6 Å². The van der Waals surface area contributed by atoms with Crippen LogP contribution >= 0.6 is 12.6 Å². The van der Waals surface area contributed by atoms with Crippen molar-refractivity contribution in [3.63, 3.8) is 0 Å². The van der Waals surface area contributed by atoms with E-state index in [-0.39, 0.29) is 10.5 Å². The van der Waals surface area contributed by atoms with E-state index in [0.717, 1.165) is 6.42 Å². The molecule has 0 bridgehead atoms. The van der Waals surface area contributed by atoms with E-state index in [9.17, 15) is 4.79 Å². The lowest BCUT2D eigenvalue weighted by atomic mass is 9.82. The highest BCUT2D eigenvalue weighted by atomic mass is 32.1. The van der Waals surface area contributed by atoms with Crippen LogP contribution in [-0.4, -0.2) is 5.12 Å². The van der Waals surface area contributed by atoms with E-state index in [1.807, 2.05) is 0 Å². The first kappa shape index (κ1) is 11.0. The van der Waals surface area contributed by atoms with Crippen molar-refractivity contribution in [2.45, 2.75) is 40.5 Å². The van der Waals surface area contributed by atoms with Crippen LogP contribution in [-0.2, 0) is 4.79 Å². The summed E-state index contributed by atoms with van der Waals surface area (Å²) in [5.41, 5.74) is 0.118. The second kappa shape index (κ2) is 4.15. The first-order valence-corrected chi connectivity index (χ1v) is 4.50. The fourth-order valence-corrected chi connectivity index (χ4v) is 2.01. The third-order valence-corrected chi connectivity index (χ3v) is 1.75. The number of thiol groups is 1. The van der Waals surface area contributed by atoms with Crippen molar-refractivity contribution in [3.05, 3.63) is 0 Å². The molecule has 0 saturated heterocycles. The Balaban J connectivity index is 3.89. The number of hydrogen-bond acceptors (Lipinski definition) is 1. The van der Waals surface area contributed by atoms with Gasteiger partial charge in [0.25, 0.3) is 0 Å². The van der Waals surface area contributed by atoms with Crippen LogP contribution in [0.3, 0.4) is 0 Å². The molecule has 0 spiro atoms. The summed E-state index contributed by atoms with van der Waals surface area (Å²) in [6, 6.07) is 0. The van der Waals surface area contributed by atoms with Gasteiger partial charge >= 0.3 is 0 Å². The maximum Gasteiger partial charge on any atom is 0.186 e. The molecule has 2 heteroatoms. The van der Waals surface area contributed by atoms with Gasteiger partial charge in [-0.05, 0) is 17.8 Å². The van der Waals surface area contributed by atoms with E-state index in [2.05, 4.69) is 40.3 Å². The quantitative estimate of drug-likeness (QED) is 0.648. The molecule has 0 N–H and O–H groups in total. The lowest BCUT2D eigenvalue weighted by Crippen LogP contribution is -2.17. The Hall–Kier alpha value is 0.0200. The van der Waals surface area contributed by atoms with Gasteiger partial charge in [-0.25, -0.2) is 0 Å². The number of carbonyl (C=O) groups is 1. The van der Waals surface area contributed by atoms with Crippen LogP contribution in [0.2, 0.25) is 0 Å². The molecule has 11 heavy (non-hydrogen) atoms. The van der Waals surface area contributed by atoms with Crippen LogP contribution in [0.1, 0.15) is 40.5 Å². The van der Waals surface area contributed by atoms with Crippen LogP contribution in [0, 0.1) is 11.3 Å². The highest BCUT2D eigenvalue weighted by molar-refractivity contribution is 7.96. The Kier molecular flexibility index (Phi) is 4.16. The summed E-state index contributed by atoms with van der Waals surface area (Å²) in [7, 11) is 0. The fraction of sp³-hybridized carbons (Fsp3) is 0.889. The van der Waals surface area contributed by atoms with E-state index in [1.165, 1.54) is 0 Å². The smallest absolute Gasteiger partial charge is 0.186 e. The van der Waals surface area contributed by atoms with Gasteiger partial charge in [-0.1, -0.05) is 27.7 Å². The Morgan fingerprint density at radius 3 is 2.18 bits per heavy atom. The van der Waals surface area contributed by atoms with Gasteiger partial charge in [-0.2, -0.15) is 0 Å². The predicted octanol–water partition coefficient (Wildman–Crippen LogP) is 2.91. The summed E-state index contributed by atoms with van der Waals surface area (Å²) < 4.78 is 0. The van der Waals surface area contributed by atoms with E-state index in [1.54, 1.807) is 0 Å². The molecule has 1 nitrogen and oxygen atoms in total. The second-order valence-electron chi connectivity index (χ2n) is 4.33. The molecule has 0 aliphatic carbocycles. The molecule has 66 valence electrons. The maximum absolute atomic E-state index is 10.7. The summed E-state index contributed by atoms with van der Waals surface area (Å²) in [4.78, 5) is 10.7. The topological polar surface area (TPSA) is 17.1 Å². The average Bonchev–Trinajstić information content (AvgIpc) is 1.53. The van der Waals surface area contributed by atoms with Gasteiger partial charge in [-0.3, -0.25) is 4.79 Å². The van der Waals surface area contributed by atoms with Gasteiger partial charge in [0.2, 0.25) is 0 Å². The van der Waals surface area contributed by atoms with Gasteiger partial charge in [0.1, 0.15) is 0 Å². The summed E-state index contributed by atoms with van der Waals surface area (Å²) in [5, 5.41) is -0.00403. The zero-order valence-electron chi connectivity index (χ0n) is 7.85. The molecule has 0 amide bonds. The van der Waals surface area contributed by atoms with Crippen molar-refractivity contribution in [1.82, 2.24) is 0 Å². The molecule has 0 aromatic rings. The third-order valence-electron chi connectivity index (χ3n) is 1.59. The van der Waals surface area contributed by atoms with Crippen molar-refractivity contribution in [1.29, 1.82) is 0 Å². The van der Waals surface area contributed by atoms with Gasteiger partial charge in [0.05, 0.1) is 0 Å². The minimum Gasteiger partial charge on any atom is -0.287 e. The van der Waals surface area contributed by atoms with E-state index in [0.29, 0.717) is 12.3 Å². The zero-order chi connectivity index (χ0) is 9.07. The van der Waals surface area contributed by atoms with Crippen molar-refractivity contribution in [3.8, 4) is 0 Å². The van der Waals surface area contributed by atoms with Gasteiger partial charge in [0, 0.05) is 6.42 Å². The lowest BCUT2D eigenvalue weighted by Gasteiger charge is -2.24. The van der Waals surface area contributed by atoms with Crippen LogP contribution < -0.4 is 0 Å². The highest BCUT2D eigenvalue weighted by Crippen LogP contribution is 2.29. The molecule has 0 fully saturated rings. The zero-order valence-corrected chi connectivity index (χ0v) is 8.74. The monoisotopic (exact) mass is 174 g/mol.